The zero-order valence-electron chi connectivity index (χ0n) is 15.3. The first-order valence-electron chi connectivity index (χ1n) is 9.80. The van der Waals surface area contributed by atoms with Gasteiger partial charge in [0, 0.05) is 45.3 Å². The lowest BCUT2D eigenvalue weighted by atomic mass is 9.95. The zero-order chi connectivity index (χ0) is 17.5. The SMILES string of the molecule is O=C(CN1CCN(CC(=O)N2CCOCC2)CC1)NC1CCCCC1. The molecule has 0 unspecified atom stereocenters. The Labute approximate surface area is 150 Å². The summed E-state index contributed by atoms with van der Waals surface area (Å²) in [6.45, 7) is 7.11. The van der Waals surface area contributed by atoms with Gasteiger partial charge in [0.2, 0.25) is 11.8 Å². The van der Waals surface area contributed by atoms with Crippen molar-refractivity contribution in [3.63, 3.8) is 0 Å². The van der Waals surface area contributed by atoms with Crippen LogP contribution in [0.4, 0.5) is 0 Å². The predicted octanol–water partition coefficient (Wildman–Crippen LogP) is -0.0883. The van der Waals surface area contributed by atoms with Gasteiger partial charge in [0.05, 0.1) is 26.3 Å². The van der Waals surface area contributed by atoms with Gasteiger partial charge in [0.15, 0.2) is 0 Å². The second-order valence-electron chi connectivity index (χ2n) is 7.45. The summed E-state index contributed by atoms with van der Waals surface area (Å²) < 4.78 is 5.29. The van der Waals surface area contributed by atoms with Gasteiger partial charge in [-0.05, 0) is 12.8 Å². The lowest BCUT2D eigenvalue weighted by Gasteiger charge is -2.36. The van der Waals surface area contributed by atoms with E-state index in [1.54, 1.807) is 0 Å². The number of hydrogen-bond acceptors (Lipinski definition) is 5. The molecule has 25 heavy (non-hydrogen) atoms. The molecule has 0 radical (unpaired) electrons. The van der Waals surface area contributed by atoms with Gasteiger partial charge < -0.3 is 15.0 Å². The molecule has 0 spiro atoms. The standard InChI is InChI=1S/C18H32N4O3/c23-17(19-16-4-2-1-3-5-16)14-20-6-8-21(9-7-20)15-18(24)22-10-12-25-13-11-22/h16H,1-15H2,(H,19,23). The van der Waals surface area contributed by atoms with E-state index in [2.05, 4.69) is 15.1 Å². The van der Waals surface area contributed by atoms with Gasteiger partial charge in [0.25, 0.3) is 0 Å². The highest BCUT2D eigenvalue weighted by molar-refractivity contribution is 5.79. The van der Waals surface area contributed by atoms with Crippen molar-refractivity contribution in [2.24, 2.45) is 0 Å². The number of amides is 2. The summed E-state index contributed by atoms with van der Waals surface area (Å²) in [7, 11) is 0. The Hall–Kier alpha value is -1.18. The third-order valence-electron chi connectivity index (χ3n) is 5.53. The topological polar surface area (TPSA) is 65.1 Å². The Morgan fingerprint density at radius 1 is 0.840 bits per heavy atom. The van der Waals surface area contributed by atoms with Crippen molar-refractivity contribution in [1.82, 2.24) is 20.0 Å². The molecular weight excluding hydrogens is 320 g/mol. The van der Waals surface area contributed by atoms with Crippen molar-refractivity contribution in [1.29, 1.82) is 0 Å². The number of carbonyl (C=O) groups excluding carboxylic acids is 2. The van der Waals surface area contributed by atoms with E-state index in [1.165, 1.54) is 19.3 Å². The van der Waals surface area contributed by atoms with Gasteiger partial charge in [-0.25, -0.2) is 0 Å². The van der Waals surface area contributed by atoms with E-state index < -0.39 is 0 Å². The molecule has 7 heteroatoms. The Morgan fingerprint density at radius 2 is 1.44 bits per heavy atom. The number of piperazine rings is 1. The number of nitrogens with zero attached hydrogens (tertiary/aromatic N) is 3. The maximum atomic E-state index is 12.3. The summed E-state index contributed by atoms with van der Waals surface area (Å²) in [6.07, 6.45) is 6.03. The molecule has 0 aromatic carbocycles. The smallest absolute Gasteiger partial charge is 0.236 e. The molecule has 1 aliphatic carbocycles. The first-order chi connectivity index (χ1) is 12.2. The minimum Gasteiger partial charge on any atom is -0.378 e. The Balaban J connectivity index is 1.32. The molecule has 3 aliphatic rings. The van der Waals surface area contributed by atoms with Crippen molar-refractivity contribution in [3.05, 3.63) is 0 Å². The van der Waals surface area contributed by atoms with Crippen LogP contribution >= 0.6 is 0 Å². The third-order valence-corrected chi connectivity index (χ3v) is 5.53. The molecule has 0 bridgehead atoms. The molecule has 1 N–H and O–H groups in total. The lowest BCUT2D eigenvalue weighted by Crippen LogP contribution is -2.53. The average molecular weight is 352 g/mol. The van der Waals surface area contributed by atoms with Gasteiger partial charge in [0.1, 0.15) is 0 Å². The zero-order valence-corrected chi connectivity index (χ0v) is 15.3. The average Bonchev–Trinajstić information content (AvgIpc) is 2.65. The molecular formula is C18H32N4O3. The molecule has 2 amide bonds. The summed E-state index contributed by atoms with van der Waals surface area (Å²) in [5.41, 5.74) is 0. The maximum absolute atomic E-state index is 12.3. The Morgan fingerprint density at radius 3 is 2.08 bits per heavy atom. The van der Waals surface area contributed by atoms with Gasteiger partial charge >= 0.3 is 0 Å². The number of rotatable bonds is 5. The first kappa shape index (κ1) is 18.6. The molecule has 2 saturated heterocycles. The fourth-order valence-electron chi connectivity index (χ4n) is 3.93. The number of carbonyl (C=O) groups is 2. The highest BCUT2D eigenvalue weighted by Crippen LogP contribution is 2.17. The van der Waals surface area contributed by atoms with Crippen LogP contribution in [-0.2, 0) is 14.3 Å². The van der Waals surface area contributed by atoms with E-state index >= 15 is 0 Å². The van der Waals surface area contributed by atoms with Gasteiger partial charge in [-0.15, -0.1) is 0 Å². The fraction of sp³-hybridized carbons (Fsp3) is 0.889. The molecule has 1 saturated carbocycles. The van der Waals surface area contributed by atoms with Crippen LogP contribution in [0.1, 0.15) is 32.1 Å². The number of nitrogens with one attached hydrogen (secondary N) is 1. The van der Waals surface area contributed by atoms with E-state index in [9.17, 15) is 9.59 Å². The van der Waals surface area contributed by atoms with E-state index in [4.69, 9.17) is 4.74 Å². The van der Waals surface area contributed by atoms with Gasteiger partial charge in [-0.2, -0.15) is 0 Å². The summed E-state index contributed by atoms with van der Waals surface area (Å²) in [6, 6.07) is 0.383. The van der Waals surface area contributed by atoms with Crippen molar-refractivity contribution in [2.45, 2.75) is 38.1 Å². The monoisotopic (exact) mass is 352 g/mol. The largest absolute Gasteiger partial charge is 0.378 e. The summed E-state index contributed by atoms with van der Waals surface area (Å²) in [5.74, 6) is 0.358. The molecule has 7 nitrogen and oxygen atoms in total. The Bertz CT molecular complexity index is 440. The van der Waals surface area contributed by atoms with Crippen LogP contribution in [0.15, 0.2) is 0 Å². The molecule has 0 aromatic rings. The molecule has 0 atom stereocenters. The van der Waals surface area contributed by atoms with Crippen molar-refractivity contribution in [3.8, 4) is 0 Å². The van der Waals surface area contributed by atoms with E-state index in [-0.39, 0.29) is 11.8 Å². The molecule has 3 fully saturated rings. The first-order valence-corrected chi connectivity index (χ1v) is 9.80. The quantitative estimate of drug-likeness (QED) is 0.749. The van der Waals surface area contributed by atoms with Crippen LogP contribution in [0.5, 0.6) is 0 Å². The molecule has 2 heterocycles. The van der Waals surface area contributed by atoms with Gasteiger partial charge in [-0.1, -0.05) is 19.3 Å². The predicted molar refractivity (Wildman–Crippen MR) is 95.3 cm³/mol. The molecule has 0 aromatic heterocycles. The van der Waals surface area contributed by atoms with Crippen LogP contribution in [0, 0.1) is 0 Å². The number of hydrogen-bond donors (Lipinski definition) is 1. The summed E-state index contributed by atoms with van der Waals surface area (Å²) in [5, 5.41) is 3.19. The van der Waals surface area contributed by atoms with Crippen LogP contribution in [0.2, 0.25) is 0 Å². The Kier molecular flexibility index (Phi) is 7.07. The number of ether oxygens (including phenoxy) is 1. The van der Waals surface area contributed by atoms with Crippen LogP contribution < -0.4 is 5.32 Å². The van der Waals surface area contributed by atoms with E-state index in [0.717, 1.165) is 39.0 Å². The normalized spacial score (nSPS) is 24.2. The number of morpholine rings is 1. The fourth-order valence-corrected chi connectivity index (χ4v) is 3.93. The highest BCUT2D eigenvalue weighted by atomic mass is 16.5. The van der Waals surface area contributed by atoms with Crippen molar-refractivity contribution < 1.29 is 14.3 Å². The van der Waals surface area contributed by atoms with Crippen LogP contribution in [-0.4, -0.2) is 98.1 Å². The minimum absolute atomic E-state index is 0.157. The third kappa shape index (κ3) is 5.94. The highest BCUT2D eigenvalue weighted by Gasteiger charge is 2.24. The van der Waals surface area contributed by atoms with Gasteiger partial charge in [-0.3, -0.25) is 19.4 Å². The van der Waals surface area contributed by atoms with E-state index in [1.807, 2.05) is 4.90 Å². The molecule has 3 rings (SSSR count). The lowest BCUT2D eigenvalue weighted by molar-refractivity contribution is -0.137. The minimum atomic E-state index is 0.157. The van der Waals surface area contributed by atoms with Crippen LogP contribution in [0.3, 0.4) is 0 Å². The molecule has 142 valence electrons. The van der Waals surface area contributed by atoms with Crippen LogP contribution in [0.25, 0.3) is 0 Å². The van der Waals surface area contributed by atoms with Crippen molar-refractivity contribution >= 4 is 11.8 Å². The maximum Gasteiger partial charge on any atom is 0.236 e. The summed E-state index contributed by atoms with van der Waals surface area (Å²) >= 11 is 0. The van der Waals surface area contributed by atoms with Crippen molar-refractivity contribution in [2.75, 3.05) is 65.6 Å². The second-order valence-corrected chi connectivity index (χ2v) is 7.45. The summed E-state index contributed by atoms with van der Waals surface area (Å²) in [4.78, 5) is 30.8. The second kappa shape index (κ2) is 9.50. The van der Waals surface area contributed by atoms with E-state index in [0.29, 0.717) is 45.4 Å². The molecule has 2 aliphatic heterocycles.